The number of oxazole rings is 1. The number of anilines is 1. The van der Waals surface area contributed by atoms with E-state index in [0.29, 0.717) is 29.5 Å². The van der Waals surface area contributed by atoms with Crippen molar-refractivity contribution in [2.24, 2.45) is 0 Å². The average Bonchev–Trinajstić information content (AvgIpc) is 2.57. The first-order valence-electron chi connectivity index (χ1n) is 4.92. The molecule has 4 nitrogen and oxygen atoms in total. The number of amides is 1. The minimum atomic E-state index is -0.106. The third kappa shape index (κ3) is 2.33. The minimum Gasteiger partial charge on any atom is -0.441 e. The van der Waals surface area contributed by atoms with Gasteiger partial charge < -0.3 is 9.73 Å². The molecule has 1 aromatic carbocycles. The van der Waals surface area contributed by atoms with Crippen LogP contribution < -0.4 is 5.32 Å². The van der Waals surface area contributed by atoms with Crippen LogP contribution in [0.3, 0.4) is 0 Å². The van der Waals surface area contributed by atoms with Gasteiger partial charge in [0.25, 0.3) is 0 Å². The Morgan fingerprint density at radius 2 is 2.38 bits per heavy atom. The van der Waals surface area contributed by atoms with E-state index in [4.69, 9.17) is 16.0 Å². The lowest BCUT2D eigenvalue weighted by Gasteiger charge is -2.02. The van der Waals surface area contributed by atoms with E-state index >= 15 is 0 Å². The molecule has 16 heavy (non-hydrogen) atoms. The molecule has 0 aliphatic rings. The van der Waals surface area contributed by atoms with Crippen molar-refractivity contribution in [3.05, 3.63) is 24.1 Å². The lowest BCUT2D eigenvalue weighted by atomic mass is 10.3. The second kappa shape index (κ2) is 4.53. The van der Waals surface area contributed by atoms with Crippen LogP contribution in [0.25, 0.3) is 11.1 Å². The van der Waals surface area contributed by atoms with E-state index in [0.717, 1.165) is 5.52 Å². The number of aryl methyl sites for hydroxylation is 1. The van der Waals surface area contributed by atoms with E-state index < -0.39 is 0 Å². The summed E-state index contributed by atoms with van der Waals surface area (Å²) in [6.45, 7) is 1.78. The molecule has 5 heteroatoms. The van der Waals surface area contributed by atoms with Gasteiger partial charge in [0.15, 0.2) is 11.5 Å². The minimum absolute atomic E-state index is 0.106. The van der Waals surface area contributed by atoms with E-state index in [1.165, 1.54) is 0 Å². The molecular formula is C11H11ClN2O2. The number of carbonyl (C=O) groups excluding carboxylic acids is 1. The van der Waals surface area contributed by atoms with Gasteiger partial charge in [-0.2, -0.15) is 0 Å². The second-order valence-corrected chi connectivity index (χ2v) is 3.78. The first-order chi connectivity index (χ1) is 7.69. The maximum atomic E-state index is 11.3. The van der Waals surface area contributed by atoms with Crippen LogP contribution in [0.1, 0.15) is 12.3 Å². The number of alkyl halides is 1. The van der Waals surface area contributed by atoms with Crippen molar-refractivity contribution < 1.29 is 9.21 Å². The molecule has 1 aromatic heterocycles. The normalized spacial score (nSPS) is 10.6. The topological polar surface area (TPSA) is 55.1 Å². The lowest BCUT2D eigenvalue weighted by Crippen LogP contribution is -2.11. The van der Waals surface area contributed by atoms with Crippen LogP contribution in [0.4, 0.5) is 5.69 Å². The van der Waals surface area contributed by atoms with Gasteiger partial charge in [0, 0.05) is 31.0 Å². The van der Waals surface area contributed by atoms with Crippen molar-refractivity contribution in [3.63, 3.8) is 0 Å². The Morgan fingerprint density at radius 1 is 1.56 bits per heavy atom. The third-order valence-electron chi connectivity index (χ3n) is 2.10. The van der Waals surface area contributed by atoms with E-state index in [2.05, 4.69) is 10.3 Å². The highest BCUT2D eigenvalue weighted by Crippen LogP contribution is 2.19. The maximum absolute atomic E-state index is 11.3. The quantitative estimate of drug-likeness (QED) is 0.837. The fourth-order valence-electron chi connectivity index (χ4n) is 1.43. The van der Waals surface area contributed by atoms with E-state index in [1.807, 2.05) is 6.07 Å². The summed E-state index contributed by atoms with van der Waals surface area (Å²) in [6.07, 6.45) is 0.301. The Hall–Kier alpha value is -1.55. The number of carbonyl (C=O) groups is 1. The molecule has 0 atom stereocenters. The molecule has 2 rings (SSSR count). The molecular weight excluding hydrogens is 228 g/mol. The highest BCUT2D eigenvalue weighted by atomic mass is 35.5. The Balaban J connectivity index is 2.22. The molecule has 2 aromatic rings. The number of aromatic nitrogens is 1. The number of hydrogen-bond acceptors (Lipinski definition) is 3. The molecule has 1 heterocycles. The average molecular weight is 239 g/mol. The summed E-state index contributed by atoms with van der Waals surface area (Å²) < 4.78 is 5.36. The molecule has 0 fully saturated rings. The number of benzene rings is 1. The summed E-state index contributed by atoms with van der Waals surface area (Å²) in [6, 6.07) is 5.35. The SMILES string of the molecule is Cc1nc2ccc(NC(=O)CCCl)cc2o1. The predicted molar refractivity (Wildman–Crippen MR) is 62.7 cm³/mol. The molecule has 0 spiro atoms. The fourth-order valence-corrected chi connectivity index (χ4v) is 1.60. The number of rotatable bonds is 3. The number of halogens is 1. The third-order valence-corrected chi connectivity index (χ3v) is 2.29. The molecule has 84 valence electrons. The van der Waals surface area contributed by atoms with E-state index in [9.17, 15) is 4.79 Å². The molecule has 0 bridgehead atoms. The van der Waals surface area contributed by atoms with Gasteiger partial charge in [0.1, 0.15) is 5.52 Å². The molecule has 0 aliphatic carbocycles. The zero-order valence-electron chi connectivity index (χ0n) is 8.79. The summed E-state index contributed by atoms with van der Waals surface area (Å²) in [5.74, 6) is 0.819. The number of fused-ring (bicyclic) bond motifs is 1. The molecule has 0 radical (unpaired) electrons. The standard InChI is InChI=1S/C11H11ClN2O2/c1-7-13-9-3-2-8(6-10(9)16-7)14-11(15)4-5-12/h2-3,6H,4-5H2,1H3,(H,14,15). The summed E-state index contributed by atoms with van der Waals surface area (Å²) in [5.41, 5.74) is 2.15. The van der Waals surface area contributed by atoms with Crippen LogP contribution in [-0.4, -0.2) is 16.8 Å². The van der Waals surface area contributed by atoms with Crippen molar-refractivity contribution in [1.82, 2.24) is 4.98 Å². The van der Waals surface area contributed by atoms with Gasteiger partial charge in [0.05, 0.1) is 0 Å². The highest BCUT2D eigenvalue weighted by Gasteiger charge is 2.05. The molecule has 0 unspecified atom stereocenters. The smallest absolute Gasteiger partial charge is 0.225 e. The molecule has 0 saturated heterocycles. The van der Waals surface area contributed by atoms with Crippen molar-refractivity contribution in [2.75, 3.05) is 11.2 Å². The highest BCUT2D eigenvalue weighted by molar-refractivity contribution is 6.19. The Morgan fingerprint density at radius 3 is 3.12 bits per heavy atom. The second-order valence-electron chi connectivity index (χ2n) is 3.40. The van der Waals surface area contributed by atoms with Crippen molar-refractivity contribution in [2.45, 2.75) is 13.3 Å². The van der Waals surface area contributed by atoms with Crippen LogP contribution in [0.5, 0.6) is 0 Å². The number of nitrogens with zero attached hydrogens (tertiary/aromatic N) is 1. The number of nitrogens with one attached hydrogen (secondary N) is 1. The zero-order chi connectivity index (χ0) is 11.5. The fraction of sp³-hybridized carbons (Fsp3) is 0.273. The van der Waals surface area contributed by atoms with Crippen molar-refractivity contribution in [1.29, 1.82) is 0 Å². The van der Waals surface area contributed by atoms with Gasteiger partial charge in [-0.25, -0.2) is 4.98 Å². The zero-order valence-corrected chi connectivity index (χ0v) is 9.54. The van der Waals surface area contributed by atoms with Crippen LogP contribution >= 0.6 is 11.6 Å². The molecule has 0 saturated carbocycles. The van der Waals surface area contributed by atoms with Crippen molar-refractivity contribution >= 4 is 34.3 Å². The van der Waals surface area contributed by atoms with Crippen LogP contribution in [0.15, 0.2) is 22.6 Å². The number of hydrogen-bond donors (Lipinski definition) is 1. The Labute approximate surface area is 97.6 Å². The van der Waals surface area contributed by atoms with Gasteiger partial charge >= 0.3 is 0 Å². The summed E-state index contributed by atoms with van der Waals surface area (Å²) in [5, 5.41) is 2.73. The Bertz CT molecular complexity index is 522. The van der Waals surface area contributed by atoms with Gasteiger partial charge in [-0.3, -0.25) is 4.79 Å². The van der Waals surface area contributed by atoms with Crippen molar-refractivity contribution in [3.8, 4) is 0 Å². The monoisotopic (exact) mass is 238 g/mol. The first kappa shape index (κ1) is 11.0. The van der Waals surface area contributed by atoms with Crippen LogP contribution in [-0.2, 0) is 4.79 Å². The Kier molecular flexibility index (Phi) is 3.10. The summed E-state index contributed by atoms with van der Waals surface area (Å²) in [7, 11) is 0. The molecule has 0 aliphatic heterocycles. The van der Waals surface area contributed by atoms with E-state index in [-0.39, 0.29) is 5.91 Å². The first-order valence-corrected chi connectivity index (χ1v) is 5.45. The lowest BCUT2D eigenvalue weighted by molar-refractivity contribution is -0.115. The van der Waals surface area contributed by atoms with Gasteiger partial charge in [0.2, 0.25) is 5.91 Å². The van der Waals surface area contributed by atoms with E-state index in [1.54, 1.807) is 19.1 Å². The van der Waals surface area contributed by atoms with Gasteiger partial charge in [-0.15, -0.1) is 11.6 Å². The summed E-state index contributed by atoms with van der Waals surface area (Å²) >= 11 is 5.47. The molecule has 1 amide bonds. The van der Waals surface area contributed by atoms with Gasteiger partial charge in [-0.1, -0.05) is 0 Å². The molecule has 1 N–H and O–H groups in total. The largest absolute Gasteiger partial charge is 0.441 e. The van der Waals surface area contributed by atoms with Gasteiger partial charge in [-0.05, 0) is 12.1 Å². The predicted octanol–water partition coefficient (Wildman–Crippen LogP) is 2.70. The van der Waals surface area contributed by atoms with Crippen LogP contribution in [0, 0.1) is 6.92 Å². The maximum Gasteiger partial charge on any atom is 0.225 e. The summed E-state index contributed by atoms with van der Waals surface area (Å²) in [4.78, 5) is 15.5. The van der Waals surface area contributed by atoms with Crippen LogP contribution in [0.2, 0.25) is 0 Å².